The number of aryl methyl sites for hydroxylation is 1. The average Bonchev–Trinajstić information content (AvgIpc) is 2.54. The van der Waals surface area contributed by atoms with Gasteiger partial charge in [0.15, 0.2) is 0 Å². The van der Waals surface area contributed by atoms with Crippen LogP contribution in [0.4, 0.5) is 0 Å². The number of carbonyl (C=O) groups excluding carboxylic acids is 1. The summed E-state index contributed by atoms with van der Waals surface area (Å²) in [6.45, 7) is 2.15. The van der Waals surface area contributed by atoms with E-state index < -0.39 is 10.0 Å². The maximum atomic E-state index is 12.7. The third-order valence-electron chi connectivity index (χ3n) is 3.67. The molecule has 7 heteroatoms. The molecule has 2 aromatic carbocycles. The van der Waals surface area contributed by atoms with Gasteiger partial charge >= 0.3 is 0 Å². The van der Waals surface area contributed by atoms with Crippen LogP contribution in [0, 0.1) is 6.92 Å². The number of hydrogen-bond donors (Lipinski definition) is 1. The zero-order valence-corrected chi connectivity index (χ0v) is 15.3. The van der Waals surface area contributed by atoms with Crippen molar-refractivity contribution in [3.05, 3.63) is 64.2 Å². The highest BCUT2D eigenvalue weighted by molar-refractivity contribution is 7.89. The van der Waals surface area contributed by atoms with Gasteiger partial charge in [0.05, 0.1) is 4.90 Å². The number of sulfonamides is 1. The van der Waals surface area contributed by atoms with Crippen LogP contribution in [-0.2, 0) is 16.6 Å². The normalized spacial score (nSPS) is 11.3. The van der Waals surface area contributed by atoms with E-state index in [0.717, 1.165) is 5.56 Å². The van der Waals surface area contributed by atoms with Crippen molar-refractivity contribution in [1.82, 2.24) is 9.62 Å². The number of carbonyl (C=O) groups is 1. The van der Waals surface area contributed by atoms with Crippen LogP contribution in [0.25, 0.3) is 0 Å². The van der Waals surface area contributed by atoms with Crippen LogP contribution in [0.2, 0.25) is 5.02 Å². The first-order valence-corrected chi connectivity index (χ1v) is 9.15. The summed E-state index contributed by atoms with van der Waals surface area (Å²) in [7, 11) is -0.596. The van der Waals surface area contributed by atoms with E-state index in [2.05, 4.69) is 4.72 Å². The Morgan fingerprint density at radius 1 is 1.21 bits per heavy atom. The van der Waals surface area contributed by atoms with Gasteiger partial charge in [-0.25, -0.2) is 13.1 Å². The largest absolute Gasteiger partial charge is 0.337 e. The molecule has 2 aromatic rings. The fraction of sp³-hybridized carbons (Fsp3) is 0.235. The summed E-state index contributed by atoms with van der Waals surface area (Å²) in [5.41, 5.74) is 1.97. The maximum absolute atomic E-state index is 12.7. The Hall–Kier alpha value is -1.89. The van der Waals surface area contributed by atoms with E-state index >= 15 is 0 Å². The Kier molecular flexibility index (Phi) is 5.64. The van der Waals surface area contributed by atoms with E-state index in [4.69, 9.17) is 11.6 Å². The molecule has 0 unspecified atom stereocenters. The lowest BCUT2D eigenvalue weighted by Gasteiger charge is -2.19. The van der Waals surface area contributed by atoms with Gasteiger partial charge in [-0.1, -0.05) is 29.8 Å². The van der Waals surface area contributed by atoms with Crippen molar-refractivity contribution < 1.29 is 13.2 Å². The van der Waals surface area contributed by atoms with Gasteiger partial charge in [0, 0.05) is 24.2 Å². The van der Waals surface area contributed by atoms with Crippen molar-refractivity contribution in [2.45, 2.75) is 18.4 Å². The molecule has 24 heavy (non-hydrogen) atoms. The smallest absolute Gasteiger partial charge is 0.254 e. The molecule has 5 nitrogen and oxygen atoms in total. The van der Waals surface area contributed by atoms with Crippen molar-refractivity contribution in [3.63, 3.8) is 0 Å². The first kappa shape index (κ1) is 18.4. The minimum Gasteiger partial charge on any atom is -0.337 e. The minimum atomic E-state index is -3.60. The van der Waals surface area contributed by atoms with Crippen LogP contribution >= 0.6 is 11.6 Å². The molecule has 1 N–H and O–H groups in total. The zero-order valence-electron chi connectivity index (χ0n) is 13.7. The predicted octanol–water partition coefficient (Wildman–Crippen LogP) is 2.83. The summed E-state index contributed by atoms with van der Waals surface area (Å²) in [5, 5.41) is 0.603. The van der Waals surface area contributed by atoms with E-state index in [1.807, 2.05) is 12.1 Å². The first-order valence-electron chi connectivity index (χ1n) is 7.28. The molecular weight excluding hydrogens is 348 g/mol. The van der Waals surface area contributed by atoms with Crippen molar-refractivity contribution in [1.29, 1.82) is 0 Å². The van der Waals surface area contributed by atoms with Crippen molar-refractivity contribution in [2.24, 2.45) is 0 Å². The van der Waals surface area contributed by atoms with E-state index in [1.54, 1.807) is 32.2 Å². The Morgan fingerprint density at radius 3 is 2.54 bits per heavy atom. The summed E-state index contributed by atoms with van der Waals surface area (Å²) in [4.78, 5) is 14.3. The molecule has 0 radical (unpaired) electrons. The summed E-state index contributed by atoms with van der Waals surface area (Å²) in [5.74, 6) is -0.249. The lowest BCUT2D eigenvalue weighted by atomic mass is 10.1. The molecule has 0 bridgehead atoms. The third-order valence-corrected chi connectivity index (χ3v) is 5.32. The Balaban J connectivity index is 2.30. The number of nitrogens with zero attached hydrogens (tertiary/aromatic N) is 1. The molecular formula is C17H19ClN2O3S. The van der Waals surface area contributed by atoms with Gasteiger partial charge in [0.1, 0.15) is 0 Å². The summed E-state index contributed by atoms with van der Waals surface area (Å²) in [6.07, 6.45) is 0. The number of benzene rings is 2. The SMILES string of the molecule is CNS(=O)(=O)c1ccc(C)c(C(=O)N(C)Cc2cccc(Cl)c2)c1. The number of halogens is 1. The minimum absolute atomic E-state index is 0.0649. The van der Waals surface area contributed by atoms with E-state index in [0.29, 0.717) is 22.7 Å². The molecule has 0 saturated carbocycles. The second-order valence-electron chi connectivity index (χ2n) is 5.48. The Bertz CT molecular complexity index is 866. The second-order valence-corrected chi connectivity index (χ2v) is 7.80. The fourth-order valence-corrected chi connectivity index (χ4v) is 3.27. The highest BCUT2D eigenvalue weighted by Crippen LogP contribution is 2.19. The highest BCUT2D eigenvalue weighted by atomic mass is 35.5. The molecule has 0 heterocycles. The molecule has 128 valence electrons. The van der Waals surface area contributed by atoms with Crippen molar-refractivity contribution >= 4 is 27.5 Å². The molecule has 1 amide bonds. The van der Waals surface area contributed by atoms with Gasteiger partial charge in [-0.15, -0.1) is 0 Å². The Labute approximate surface area is 147 Å². The topological polar surface area (TPSA) is 66.5 Å². The lowest BCUT2D eigenvalue weighted by Crippen LogP contribution is -2.27. The molecule has 0 spiro atoms. The standard InChI is InChI=1S/C17H19ClN2O3S/c1-12-7-8-15(24(22,23)19-2)10-16(12)17(21)20(3)11-13-5-4-6-14(18)9-13/h4-10,19H,11H2,1-3H3. The first-order chi connectivity index (χ1) is 11.2. The molecule has 0 aliphatic rings. The number of hydrogen-bond acceptors (Lipinski definition) is 3. The van der Waals surface area contributed by atoms with Gasteiger partial charge in [0.2, 0.25) is 10.0 Å². The molecule has 0 aromatic heterocycles. The van der Waals surface area contributed by atoms with E-state index in [-0.39, 0.29) is 10.8 Å². The van der Waals surface area contributed by atoms with Crippen molar-refractivity contribution in [3.8, 4) is 0 Å². The van der Waals surface area contributed by atoms with Crippen LogP contribution in [0.5, 0.6) is 0 Å². The summed E-state index contributed by atoms with van der Waals surface area (Å²) < 4.78 is 26.1. The monoisotopic (exact) mass is 366 g/mol. The molecule has 0 aliphatic heterocycles. The summed E-state index contributed by atoms with van der Waals surface area (Å²) in [6, 6.07) is 11.8. The Morgan fingerprint density at radius 2 is 1.92 bits per heavy atom. The van der Waals surface area contributed by atoms with Crippen molar-refractivity contribution in [2.75, 3.05) is 14.1 Å². The van der Waals surface area contributed by atoms with Gasteiger partial charge < -0.3 is 4.90 Å². The summed E-state index contributed by atoms with van der Waals surface area (Å²) >= 11 is 5.96. The van der Waals surface area contributed by atoms with Crippen LogP contribution in [0.15, 0.2) is 47.4 Å². The molecule has 0 atom stereocenters. The number of rotatable bonds is 5. The van der Waals surface area contributed by atoms with Gasteiger partial charge in [-0.3, -0.25) is 4.79 Å². The maximum Gasteiger partial charge on any atom is 0.254 e. The molecule has 0 aliphatic carbocycles. The lowest BCUT2D eigenvalue weighted by molar-refractivity contribution is 0.0784. The fourth-order valence-electron chi connectivity index (χ4n) is 2.30. The molecule has 0 saturated heterocycles. The van der Waals surface area contributed by atoms with Gasteiger partial charge in [-0.05, 0) is 49.4 Å². The van der Waals surface area contributed by atoms with Crippen LogP contribution in [0.1, 0.15) is 21.5 Å². The molecule has 2 rings (SSSR count). The second kappa shape index (κ2) is 7.34. The van der Waals surface area contributed by atoms with Gasteiger partial charge in [0.25, 0.3) is 5.91 Å². The highest BCUT2D eigenvalue weighted by Gasteiger charge is 2.19. The zero-order chi connectivity index (χ0) is 17.9. The van der Waals surface area contributed by atoms with Crippen LogP contribution in [0.3, 0.4) is 0 Å². The predicted molar refractivity (Wildman–Crippen MR) is 94.7 cm³/mol. The quantitative estimate of drug-likeness (QED) is 0.884. The molecule has 0 fully saturated rings. The van der Waals surface area contributed by atoms with Crippen LogP contribution < -0.4 is 4.72 Å². The van der Waals surface area contributed by atoms with E-state index in [9.17, 15) is 13.2 Å². The number of nitrogens with one attached hydrogen (secondary N) is 1. The van der Waals surface area contributed by atoms with E-state index in [1.165, 1.54) is 24.1 Å². The third kappa shape index (κ3) is 4.14. The van der Waals surface area contributed by atoms with Crippen LogP contribution in [-0.4, -0.2) is 33.3 Å². The van der Waals surface area contributed by atoms with Gasteiger partial charge in [-0.2, -0.15) is 0 Å². The number of amides is 1. The average molecular weight is 367 g/mol.